The van der Waals surface area contributed by atoms with Gasteiger partial charge < -0.3 is 35.3 Å². The van der Waals surface area contributed by atoms with E-state index in [1.54, 1.807) is 84.9 Å². The van der Waals surface area contributed by atoms with E-state index in [1.807, 2.05) is 48.5 Å². The smallest absolute Gasteiger partial charge is 0.287 e. The number of nitriles is 2. The molecule has 2 heterocycles. The molecule has 18 heteroatoms. The Morgan fingerprint density at radius 2 is 0.917 bits per heavy atom. The van der Waals surface area contributed by atoms with Gasteiger partial charge in [0.1, 0.15) is 67.3 Å². The molecule has 0 fully saturated rings. The lowest BCUT2D eigenvalue weighted by Crippen LogP contribution is -2.13. The summed E-state index contributed by atoms with van der Waals surface area (Å²) >= 11 is 12.5. The van der Waals surface area contributed by atoms with Gasteiger partial charge in [0.2, 0.25) is 0 Å². The first-order valence-corrected chi connectivity index (χ1v) is 22.4. The molecular formula is C54H40Cl2N8O8. The number of amides is 2. The summed E-state index contributed by atoms with van der Waals surface area (Å²) in [5.41, 5.74) is 10.5. The van der Waals surface area contributed by atoms with Gasteiger partial charge in [-0.3, -0.25) is 19.7 Å². The third-order valence-electron chi connectivity index (χ3n) is 10.3. The van der Waals surface area contributed by atoms with Crippen molar-refractivity contribution in [3.8, 4) is 35.1 Å². The number of hydrogen-bond donors (Lipinski definition) is 3. The third kappa shape index (κ3) is 14.3. The summed E-state index contributed by atoms with van der Waals surface area (Å²) in [5, 5.41) is 36.0. The third-order valence-corrected chi connectivity index (χ3v) is 11.0. The zero-order valence-electron chi connectivity index (χ0n) is 37.8. The standard InChI is InChI=1S/C27H19ClN4O5.C27H21ClN4O3/c28-25-8-4-3-7-20(25)17-37-24-12-21(27(33)31-26-10-9-22(15-30-26)32(34)35)11-23(13-24)36-16-19-6-2-1-5-18(19)14-29;28-25-8-4-3-7-20(25)17-35-24-12-21(27(33)32-26-10-9-22(30)15-31-26)11-23(13-24)34-16-19-6-2-1-5-18(19)14-29/h1-13,15H,16-17H2,(H,30,31,33);1-13,15H,16-17,30H2,(H,31,32,33). The van der Waals surface area contributed by atoms with Crippen molar-refractivity contribution < 1.29 is 33.5 Å². The molecule has 2 aromatic heterocycles. The number of anilines is 3. The minimum Gasteiger partial charge on any atom is -0.489 e. The van der Waals surface area contributed by atoms with Crippen LogP contribution < -0.4 is 35.3 Å². The van der Waals surface area contributed by atoms with Gasteiger partial charge in [0.15, 0.2) is 0 Å². The highest BCUT2D eigenvalue weighted by Gasteiger charge is 2.16. The molecule has 0 spiro atoms. The van der Waals surface area contributed by atoms with E-state index in [0.717, 1.165) is 22.9 Å². The maximum Gasteiger partial charge on any atom is 0.287 e. The van der Waals surface area contributed by atoms with E-state index in [0.29, 0.717) is 66.8 Å². The molecule has 8 aromatic rings. The Hall–Kier alpha value is -9.48. The molecular weight excluding hydrogens is 960 g/mol. The van der Waals surface area contributed by atoms with Crippen molar-refractivity contribution in [2.75, 3.05) is 16.4 Å². The molecule has 358 valence electrons. The number of ether oxygens (including phenoxy) is 4. The lowest BCUT2D eigenvalue weighted by atomic mass is 10.1. The molecule has 0 saturated heterocycles. The van der Waals surface area contributed by atoms with Crippen LogP contribution in [-0.2, 0) is 26.4 Å². The molecule has 0 unspecified atom stereocenters. The molecule has 0 bridgehead atoms. The average Bonchev–Trinajstić information content (AvgIpc) is 3.40. The van der Waals surface area contributed by atoms with Gasteiger partial charge in [0.25, 0.3) is 17.5 Å². The van der Waals surface area contributed by atoms with E-state index in [9.17, 15) is 30.2 Å². The summed E-state index contributed by atoms with van der Waals surface area (Å²) in [7, 11) is 0. The van der Waals surface area contributed by atoms with Crippen LogP contribution in [0.4, 0.5) is 23.0 Å². The van der Waals surface area contributed by atoms with Crippen LogP contribution >= 0.6 is 23.2 Å². The van der Waals surface area contributed by atoms with Gasteiger partial charge >= 0.3 is 0 Å². The van der Waals surface area contributed by atoms with E-state index in [1.165, 1.54) is 30.5 Å². The Morgan fingerprint density at radius 1 is 0.542 bits per heavy atom. The zero-order chi connectivity index (χ0) is 50.8. The molecule has 72 heavy (non-hydrogen) atoms. The number of nitrogens with zero attached hydrogens (tertiary/aromatic N) is 5. The van der Waals surface area contributed by atoms with Crippen LogP contribution in [0.5, 0.6) is 23.0 Å². The predicted octanol–water partition coefficient (Wildman–Crippen LogP) is 11.5. The summed E-state index contributed by atoms with van der Waals surface area (Å²) in [6.45, 7) is 0.618. The number of hydrogen-bond acceptors (Lipinski definition) is 13. The van der Waals surface area contributed by atoms with Crippen molar-refractivity contribution in [3.05, 3.63) is 235 Å². The van der Waals surface area contributed by atoms with E-state index >= 15 is 0 Å². The Kier molecular flexibility index (Phi) is 17.3. The number of halogens is 2. The van der Waals surface area contributed by atoms with Crippen molar-refractivity contribution in [1.82, 2.24) is 9.97 Å². The Morgan fingerprint density at radius 3 is 1.28 bits per heavy atom. The van der Waals surface area contributed by atoms with Gasteiger partial charge in [-0.15, -0.1) is 0 Å². The van der Waals surface area contributed by atoms with E-state index in [4.69, 9.17) is 47.9 Å². The van der Waals surface area contributed by atoms with Gasteiger partial charge in [0, 0.05) is 61.6 Å². The number of benzene rings is 6. The molecule has 16 nitrogen and oxygen atoms in total. The van der Waals surface area contributed by atoms with Crippen LogP contribution in [0.1, 0.15) is 54.1 Å². The normalized spacial score (nSPS) is 10.3. The molecule has 8 rings (SSSR count). The van der Waals surface area contributed by atoms with Crippen molar-refractivity contribution in [1.29, 1.82) is 10.5 Å². The first kappa shape index (κ1) is 50.4. The maximum atomic E-state index is 13.0. The monoisotopic (exact) mass is 998 g/mol. The fraction of sp³-hybridized carbons (Fsp3) is 0.0741. The van der Waals surface area contributed by atoms with Crippen LogP contribution in [0, 0.1) is 32.8 Å². The van der Waals surface area contributed by atoms with Gasteiger partial charge in [-0.05, 0) is 66.7 Å². The highest BCUT2D eigenvalue weighted by atomic mass is 35.5. The molecule has 0 aliphatic rings. The largest absolute Gasteiger partial charge is 0.489 e. The number of rotatable bonds is 17. The fourth-order valence-electron chi connectivity index (χ4n) is 6.55. The van der Waals surface area contributed by atoms with E-state index < -0.39 is 16.7 Å². The first-order valence-electron chi connectivity index (χ1n) is 21.6. The summed E-state index contributed by atoms with van der Waals surface area (Å²) in [6, 6.07) is 48.5. The van der Waals surface area contributed by atoms with Gasteiger partial charge in [-0.25, -0.2) is 9.97 Å². The number of nitrogens with one attached hydrogen (secondary N) is 2. The summed E-state index contributed by atoms with van der Waals surface area (Å²) < 4.78 is 23.7. The van der Waals surface area contributed by atoms with Crippen LogP contribution in [0.3, 0.4) is 0 Å². The van der Waals surface area contributed by atoms with Crippen LogP contribution in [0.2, 0.25) is 10.0 Å². The van der Waals surface area contributed by atoms with Crippen molar-refractivity contribution >= 4 is 58.0 Å². The number of nitrogen functional groups attached to an aromatic ring is 1. The molecule has 0 aliphatic heterocycles. The molecule has 4 N–H and O–H groups in total. The molecule has 6 aromatic carbocycles. The van der Waals surface area contributed by atoms with E-state index in [-0.39, 0.29) is 43.5 Å². The lowest BCUT2D eigenvalue weighted by molar-refractivity contribution is -0.385. The van der Waals surface area contributed by atoms with Gasteiger partial charge in [0.05, 0.1) is 40.1 Å². The zero-order valence-corrected chi connectivity index (χ0v) is 39.3. The number of aromatic nitrogens is 2. The number of carbonyl (C=O) groups is 2. The second kappa shape index (κ2) is 24.7. The van der Waals surface area contributed by atoms with Crippen molar-refractivity contribution in [2.45, 2.75) is 26.4 Å². The fourth-order valence-corrected chi connectivity index (χ4v) is 6.93. The predicted molar refractivity (Wildman–Crippen MR) is 271 cm³/mol. The van der Waals surface area contributed by atoms with Crippen molar-refractivity contribution in [2.24, 2.45) is 0 Å². The second-order valence-electron chi connectivity index (χ2n) is 15.3. The molecule has 0 atom stereocenters. The van der Waals surface area contributed by atoms with Crippen molar-refractivity contribution in [3.63, 3.8) is 0 Å². The molecule has 0 aliphatic carbocycles. The Balaban J connectivity index is 0.000000212. The topological polar surface area (TPSA) is 238 Å². The Bertz CT molecular complexity index is 3310. The summed E-state index contributed by atoms with van der Waals surface area (Å²) in [4.78, 5) is 44.2. The molecule has 0 radical (unpaired) electrons. The molecule has 2 amide bonds. The quantitative estimate of drug-likeness (QED) is 0.0569. The SMILES string of the molecule is N#Cc1ccccc1COc1cc(OCc2ccccc2Cl)cc(C(=O)Nc2ccc(N)cn2)c1.N#Cc1ccccc1COc1cc(OCc2ccccc2Cl)cc(C(=O)Nc2ccc([N+](=O)[O-])cn2)c1. The lowest BCUT2D eigenvalue weighted by Gasteiger charge is -2.13. The minimum atomic E-state index is -0.577. The molecule has 0 saturated carbocycles. The number of nitrogens with two attached hydrogens (primary N) is 1. The Labute approximate surface area is 422 Å². The van der Waals surface area contributed by atoms with Crippen LogP contribution in [0.25, 0.3) is 0 Å². The number of pyridine rings is 2. The average molecular weight is 1000 g/mol. The number of carbonyl (C=O) groups excluding carboxylic acids is 2. The summed E-state index contributed by atoms with van der Waals surface area (Å²) in [5.74, 6) is 1.11. The van der Waals surface area contributed by atoms with Crippen LogP contribution in [-0.4, -0.2) is 26.7 Å². The van der Waals surface area contributed by atoms with Gasteiger partial charge in [-0.1, -0.05) is 96.0 Å². The van der Waals surface area contributed by atoms with Crippen LogP contribution in [0.15, 0.2) is 170 Å². The first-order chi connectivity index (χ1) is 34.9. The van der Waals surface area contributed by atoms with Gasteiger partial charge in [-0.2, -0.15) is 10.5 Å². The second-order valence-corrected chi connectivity index (χ2v) is 16.1. The minimum absolute atomic E-state index is 0.0999. The summed E-state index contributed by atoms with van der Waals surface area (Å²) in [6.07, 6.45) is 2.51. The maximum absolute atomic E-state index is 13.0. The highest BCUT2D eigenvalue weighted by molar-refractivity contribution is 6.31. The highest BCUT2D eigenvalue weighted by Crippen LogP contribution is 2.29. The van der Waals surface area contributed by atoms with E-state index in [2.05, 4.69) is 32.7 Å². The number of nitro groups is 1.